The van der Waals surface area contributed by atoms with E-state index in [1.54, 1.807) is 30.6 Å². The Morgan fingerprint density at radius 1 is 0.825 bits per heavy atom. The van der Waals surface area contributed by atoms with Crippen molar-refractivity contribution in [2.24, 2.45) is 23.7 Å². The number of carbonyl (C=O) groups is 3. The van der Waals surface area contributed by atoms with Crippen LogP contribution in [0, 0.1) is 23.7 Å². The maximum atomic E-state index is 13.7. The third-order valence-corrected chi connectivity index (χ3v) is 12.2. The number of nitrogens with zero attached hydrogens (tertiary/aromatic N) is 4. The van der Waals surface area contributed by atoms with Gasteiger partial charge >= 0.3 is 6.09 Å². The molecule has 1 saturated heterocycles. The van der Waals surface area contributed by atoms with E-state index >= 15 is 0 Å². The lowest BCUT2D eigenvalue weighted by Crippen LogP contribution is -2.51. The van der Waals surface area contributed by atoms with Crippen molar-refractivity contribution in [3.05, 3.63) is 103 Å². The molecular weight excluding hydrogens is 721 g/mol. The van der Waals surface area contributed by atoms with Crippen molar-refractivity contribution in [3.8, 4) is 33.6 Å². The van der Waals surface area contributed by atoms with Gasteiger partial charge in [-0.15, -0.1) is 0 Å². The zero-order valence-corrected chi connectivity index (χ0v) is 32.8. The van der Waals surface area contributed by atoms with Crippen molar-refractivity contribution in [1.29, 1.82) is 0 Å². The molecule has 2 saturated carbocycles. The van der Waals surface area contributed by atoms with Crippen molar-refractivity contribution in [2.75, 3.05) is 20.8 Å². The van der Waals surface area contributed by atoms with Crippen LogP contribution in [0.25, 0.3) is 33.6 Å². The number of likely N-dealkylation sites (tertiary alicyclic amines) is 1. The fourth-order valence-electron chi connectivity index (χ4n) is 9.21. The number of amides is 3. The number of methoxy groups -OCH3 is 2. The van der Waals surface area contributed by atoms with Crippen LogP contribution in [0.5, 0.6) is 0 Å². The molecule has 5 aromatic rings. The molecule has 3 fully saturated rings. The smallest absolute Gasteiger partial charge is 0.407 e. The lowest BCUT2D eigenvalue weighted by atomic mass is 9.78. The van der Waals surface area contributed by atoms with Gasteiger partial charge in [0, 0.05) is 44.9 Å². The molecule has 2 aliphatic carbocycles. The Kier molecular flexibility index (Phi) is 10.9. The Labute approximate surface area is 332 Å². The van der Waals surface area contributed by atoms with Gasteiger partial charge in [0.1, 0.15) is 17.7 Å². The number of rotatable bonds is 12. The maximum absolute atomic E-state index is 13.7. The molecule has 7 atom stereocenters. The van der Waals surface area contributed by atoms with Gasteiger partial charge in [0.15, 0.2) is 0 Å². The van der Waals surface area contributed by atoms with Gasteiger partial charge in [-0.05, 0) is 70.9 Å². The Bertz CT molecular complexity index is 2180. The van der Waals surface area contributed by atoms with Gasteiger partial charge in [-0.1, -0.05) is 68.4 Å². The van der Waals surface area contributed by atoms with Crippen LogP contribution in [0.1, 0.15) is 68.7 Å². The van der Waals surface area contributed by atoms with Crippen molar-refractivity contribution in [1.82, 2.24) is 40.5 Å². The van der Waals surface area contributed by atoms with E-state index in [0.29, 0.717) is 37.2 Å². The van der Waals surface area contributed by atoms with Crippen LogP contribution < -0.4 is 10.6 Å². The summed E-state index contributed by atoms with van der Waals surface area (Å²) in [7, 11) is 2.93. The Hall–Kier alpha value is -5.82. The zero-order chi connectivity index (χ0) is 39.6. The second-order valence-electron chi connectivity index (χ2n) is 15.9. The minimum atomic E-state index is -0.744. The highest BCUT2D eigenvalue weighted by Crippen LogP contribution is 2.56. The number of imidazole rings is 2. The van der Waals surface area contributed by atoms with E-state index in [4.69, 9.17) is 19.4 Å². The number of aromatic amines is 2. The van der Waals surface area contributed by atoms with Crippen LogP contribution >= 0.6 is 0 Å². The van der Waals surface area contributed by atoms with Gasteiger partial charge in [0.2, 0.25) is 11.8 Å². The first-order chi connectivity index (χ1) is 27.7. The number of alkyl carbamates (subject to hydrolysis) is 1. The molecule has 57 heavy (non-hydrogen) atoms. The number of hydrogen-bond donors (Lipinski definition) is 4. The van der Waals surface area contributed by atoms with Crippen LogP contribution in [0.2, 0.25) is 0 Å². The first-order valence-corrected chi connectivity index (χ1v) is 19.9. The van der Waals surface area contributed by atoms with Gasteiger partial charge in [0.25, 0.3) is 0 Å². The molecule has 3 aromatic heterocycles. The molecule has 1 aliphatic heterocycles. The summed E-state index contributed by atoms with van der Waals surface area (Å²) in [5.41, 5.74) is 6.94. The number of carbonyl (C=O) groups excluding carboxylic acids is 3. The van der Waals surface area contributed by atoms with Crippen LogP contribution in [0.4, 0.5) is 4.79 Å². The summed E-state index contributed by atoms with van der Waals surface area (Å²) in [5.74, 6) is 2.19. The molecule has 0 spiro atoms. The molecule has 13 heteroatoms. The normalized spacial score (nSPS) is 23.1. The number of H-pyrrole nitrogens is 2. The number of benzene rings is 2. The minimum Gasteiger partial charge on any atom is -0.453 e. The molecule has 2 bridgehead atoms. The highest BCUT2D eigenvalue weighted by Gasteiger charge is 2.52. The van der Waals surface area contributed by atoms with E-state index in [1.807, 2.05) is 32.2 Å². The van der Waals surface area contributed by atoms with E-state index < -0.39 is 12.1 Å². The number of ether oxygens (including phenoxy) is 2. The first-order valence-electron chi connectivity index (χ1n) is 19.9. The van der Waals surface area contributed by atoms with E-state index in [-0.39, 0.29) is 41.7 Å². The molecule has 2 aromatic carbocycles. The largest absolute Gasteiger partial charge is 0.453 e. The van der Waals surface area contributed by atoms with Crippen LogP contribution in [0.15, 0.2) is 85.5 Å². The van der Waals surface area contributed by atoms with Crippen molar-refractivity contribution in [3.63, 3.8) is 0 Å². The third kappa shape index (κ3) is 7.80. The average molecular weight is 771 g/mol. The van der Waals surface area contributed by atoms with E-state index in [1.165, 1.54) is 7.11 Å². The molecule has 13 nitrogen and oxygen atoms in total. The van der Waals surface area contributed by atoms with Gasteiger partial charge in [-0.3, -0.25) is 14.6 Å². The highest BCUT2D eigenvalue weighted by atomic mass is 16.5. The molecule has 8 rings (SSSR count). The lowest BCUT2D eigenvalue weighted by molar-refractivity contribution is -0.136. The predicted octanol–water partition coefficient (Wildman–Crippen LogP) is 6.64. The molecule has 3 amide bonds. The maximum Gasteiger partial charge on any atom is 0.407 e. The SMILES string of the molecule is COC(=O)N[C@H](C(=O)N1C[C@@H](OC)C[C@H]1c1ncc(-c2ccc(-c3ccc(-c4cnc(C5C6CCC(C6)[C@@H]5C(=O)NCc5cccnc5)[nH]4)cc3)cc2)[nH]1)C(C)C. The second-order valence-corrected chi connectivity index (χ2v) is 15.9. The molecule has 3 unspecified atom stereocenters. The van der Waals surface area contributed by atoms with Gasteiger partial charge in [-0.2, -0.15) is 0 Å². The summed E-state index contributed by atoms with van der Waals surface area (Å²) in [6.45, 7) is 4.65. The minimum absolute atomic E-state index is 0.0814. The van der Waals surface area contributed by atoms with E-state index in [2.05, 4.69) is 74.1 Å². The fourth-order valence-corrected chi connectivity index (χ4v) is 9.21. The monoisotopic (exact) mass is 770 g/mol. The van der Waals surface area contributed by atoms with Gasteiger partial charge in [0.05, 0.1) is 49.0 Å². The number of nitrogens with one attached hydrogen (secondary N) is 4. The molecule has 296 valence electrons. The summed E-state index contributed by atoms with van der Waals surface area (Å²) in [4.78, 5) is 61.8. The number of pyridine rings is 1. The molecular formula is C44H50N8O5. The summed E-state index contributed by atoms with van der Waals surface area (Å²) >= 11 is 0. The summed E-state index contributed by atoms with van der Waals surface area (Å²) in [6, 6.07) is 19.5. The predicted molar refractivity (Wildman–Crippen MR) is 214 cm³/mol. The highest BCUT2D eigenvalue weighted by molar-refractivity contribution is 5.86. The molecule has 3 aliphatic rings. The van der Waals surface area contributed by atoms with Gasteiger partial charge < -0.3 is 35.0 Å². The number of hydrogen-bond acceptors (Lipinski definition) is 8. The first kappa shape index (κ1) is 38.1. The Balaban J connectivity index is 0.930. The summed E-state index contributed by atoms with van der Waals surface area (Å²) < 4.78 is 10.4. The topological polar surface area (TPSA) is 167 Å². The standard InChI is InChI=1S/C44H50N8O5/c1-25(2)39(51-44(55)57-4)43(54)52-24-33(56-3)19-36(52)40-46-22-34(49-40)29-11-7-27(8-12-29)28-9-13-30(14-10-28)35-23-47-41(50-35)37-31-15-16-32(18-31)38(37)42(53)48-21-26-6-5-17-45-20-26/h5-14,17,20,22-23,25,31-33,36-39H,15-16,18-19,21,24H2,1-4H3,(H,46,49)(H,47,50)(H,48,53)(H,51,55)/t31?,32?,33-,36-,37?,38-,39-/m0/s1. The second kappa shape index (κ2) is 16.3. The van der Waals surface area contributed by atoms with Crippen molar-refractivity contribution >= 4 is 17.9 Å². The van der Waals surface area contributed by atoms with Crippen LogP contribution in [0.3, 0.4) is 0 Å². The summed E-state index contributed by atoms with van der Waals surface area (Å²) in [6.07, 6.45) is 10.3. The number of fused-ring (bicyclic) bond motifs is 2. The number of aromatic nitrogens is 5. The third-order valence-electron chi connectivity index (χ3n) is 12.2. The quantitative estimate of drug-likeness (QED) is 0.110. The van der Waals surface area contributed by atoms with E-state index in [0.717, 1.165) is 64.3 Å². The van der Waals surface area contributed by atoms with Crippen LogP contribution in [-0.2, 0) is 25.6 Å². The summed E-state index contributed by atoms with van der Waals surface area (Å²) in [5, 5.41) is 5.87. The van der Waals surface area contributed by atoms with Crippen molar-refractivity contribution < 1.29 is 23.9 Å². The zero-order valence-electron chi connectivity index (χ0n) is 32.8. The molecule has 4 N–H and O–H groups in total. The fraction of sp³-hybridized carbons (Fsp3) is 0.409. The average Bonchev–Trinajstić information content (AvgIpc) is 4.10. The van der Waals surface area contributed by atoms with Crippen molar-refractivity contribution in [2.45, 2.75) is 70.2 Å². The van der Waals surface area contributed by atoms with E-state index in [9.17, 15) is 14.4 Å². The molecule has 0 radical (unpaired) electrons. The van der Waals surface area contributed by atoms with Gasteiger partial charge in [-0.25, -0.2) is 14.8 Å². The Morgan fingerprint density at radius 2 is 1.46 bits per heavy atom. The lowest BCUT2D eigenvalue weighted by Gasteiger charge is -2.29. The Morgan fingerprint density at radius 3 is 2.07 bits per heavy atom. The van der Waals surface area contributed by atoms with Crippen LogP contribution in [-0.4, -0.2) is 80.6 Å². The molecule has 4 heterocycles.